The zero-order valence-electron chi connectivity index (χ0n) is 11.4. The number of phenols is 1. The predicted molar refractivity (Wildman–Crippen MR) is 74.5 cm³/mol. The fourth-order valence-electron chi connectivity index (χ4n) is 3.22. The third-order valence-corrected chi connectivity index (χ3v) is 4.29. The van der Waals surface area contributed by atoms with Crippen LogP contribution in [0.15, 0.2) is 18.2 Å². The number of ether oxygens (including phenoxy) is 1. The average molecular weight is 262 g/mol. The van der Waals surface area contributed by atoms with Crippen LogP contribution in [-0.2, 0) is 6.54 Å². The first kappa shape index (κ1) is 12.8. The number of hydrogen-bond donors (Lipinski definition) is 2. The molecule has 19 heavy (non-hydrogen) atoms. The lowest BCUT2D eigenvalue weighted by atomic mass is 10.1. The number of methoxy groups -OCH3 is 1. The molecule has 2 aliphatic rings. The van der Waals surface area contributed by atoms with Gasteiger partial charge in [0.25, 0.3) is 0 Å². The minimum atomic E-state index is 0.364. The van der Waals surface area contributed by atoms with E-state index in [2.05, 4.69) is 10.2 Å². The summed E-state index contributed by atoms with van der Waals surface area (Å²) in [4.78, 5) is 2.44. The van der Waals surface area contributed by atoms with Gasteiger partial charge in [-0.15, -0.1) is 0 Å². The number of rotatable bonds is 3. The van der Waals surface area contributed by atoms with Crippen LogP contribution in [0.3, 0.4) is 0 Å². The van der Waals surface area contributed by atoms with Crippen LogP contribution in [0.4, 0.5) is 0 Å². The van der Waals surface area contributed by atoms with Gasteiger partial charge >= 0.3 is 0 Å². The third kappa shape index (κ3) is 2.85. The molecule has 0 aromatic heterocycles. The minimum Gasteiger partial charge on any atom is -0.508 e. The summed E-state index contributed by atoms with van der Waals surface area (Å²) in [5, 5.41) is 13.6. The van der Waals surface area contributed by atoms with Crippen molar-refractivity contribution in [1.82, 2.24) is 10.2 Å². The highest BCUT2D eigenvalue weighted by atomic mass is 16.5. The van der Waals surface area contributed by atoms with Crippen molar-refractivity contribution in [2.45, 2.75) is 37.9 Å². The van der Waals surface area contributed by atoms with E-state index in [4.69, 9.17) is 4.74 Å². The molecule has 0 spiro atoms. The lowest BCUT2D eigenvalue weighted by molar-refractivity contribution is 0.247. The summed E-state index contributed by atoms with van der Waals surface area (Å²) in [6.07, 6.45) is 3.81. The van der Waals surface area contributed by atoms with Crippen molar-refractivity contribution in [3.8, 4) is 11.5 Å². The second-order valence-corrected chi connectivity index (χ2v) is 5.66. The Kier molecular flexibility index (Phi) is 3.62. The van der Waals surface area contributed by atoms with Gasteiger partial charge in [-0.1, -0.05) is 0 Å². The Labute approximate surface area is 114 Å². The fourth-order valence-corrected chi connectivity index (χ4v) is 3.22. The standard InChI is InChI=1S/C15H22N2O2/c1-19-14-4-5-15(18)11(8-14)9-17-7-6-12-2-3-13(10-17)16-12/h4-5,8,12-13,16,18H,2-3,6-7,9-10H2,1H3. The van der Waals surface area contributed by atoms with E-state index in [1.54, 1.807) is 19.2 Å². The van der Waals surface area contributed by atoms with Crippen molar-refractivity contribution in [3.05, 3.63) is 23.8 Å². The number of hydrogen-bond acceptors (Lipinski definition) is 4. The summed E-state index contributed by atoms with van der Waals surface area (Å²) in [5.41, 5.74) is 0.956. The summed E-state index contributed by atoms with van der Waals surface area (Å²) in [7, 11) is 1.66. The SMILES string of the molecule is COc1ccc(O)c(CN2CCC3CCC(C2)N3)c1. The molecule has 3 rings (SSSR count). The first-order valence-corrected chi connectivity index (χ1v) is 7.09. The van der Waals surface area contributed by atoms with Gasteiger partial charge < -0.3 is 15.2 Å². The lowest BCUT2D eigenvalue weighted by Crippen LogP contribution is -2.34. The van der Waals surface area contributed by atoms with Crippen molar-refractivity contribution in [2.75, 3.05) is 20.2 Å². The van der Waals surface area contributed by atoms with Crippen molar-refractivity contribution in [1.29, 1.82) is 0 Å². The van der Waals surface area contributed by atoms with Gasteiger partial charge in [-0.25, -0.2) is 0 Å². The van der Waals surface area contributed by atoms with Crippen LogP contribution in [0.2, 0.25) is 0 Å². The largest absolute Gasteiger partial charge is 0.508 e. The van der Waals surface area contributed by atoms with E-state index < -0.39 is 0 Å². The Balaban J connectivity index is 1.70. The molecule has 2 atom stereocenters. The topological polar surface area (TPSA) is 44.7 Å². The average Bonchev–Trinajstić information content (AvgIpc) is 2.75. The molecule has 2 aliphatic heterocycles. The first-order valence-electron chi connectivity index (χ1n) is 7.09. The molecule has 0 saturated carbocycles. The maximum atomic E-state index is 9.97. The van der Waals surface area contributed by atoms with E-state index in [0.717, 1.165) is 30.9 Å². The Morgan fingerprint density at radius 2 is 2.16 bits per heavy atom. The summed E-state index contributed by atoms with van der Waals surface area (Å²) in [5.74, 6) is 1.17. The molecule has 1 aromatic carbocycles. The Morgan fingerprint density at radius 1 is 1.32 bits per heavy atom. The van der Waals surface area contributed by atoms with Crippen LogP contribution in [0.25, 0.3) is 0 Å². The molecule has 104 valence electrons. The quantitative estimate of drug-likeness (QED) is 0.871. The fraction of sp³-hybridized carbons (Fsp3) is 0.600. The molecular weight excluding hydrogens is 240 g/mol. The van der Waals surface area contributed by atoms with E-state index in [1.165, 1.54) is 19.3 Å². The molecule has 2 unspecified atom stereocenters. The molecule has 2 fully saturated rings. The Hall–Kier alpha value is -1.26. The maximum Gasteiger partial charge on any atom is 0.120 e. The summed E-state index contributed by atoms with van der Waals surface area (Å²) in [6.45, 7) is 2.98. The van der Waals surface area contributed by atoms with E-state index in [0.29, 0.717) is 17.8 Å². The molecule has 0 amide bonds. The van der Waals surface area contributed by atoms with E-state index in [-0.39, 0.29) is 0 Å². The van der Waals surface area contributed by atoms with Crippen LogP contribution >= 0.6 is 0 Å². The third-order valence-electron chi connectivity index (χ3n) is 4.29. The molecule has 2 N–H and O–H groups in total. The molecule has 0 aliphatic carbocycles. The number of fused-ring (bicyclic) bond motifs is 2. The number of benzene rings is 1. The first-order chi connectivity index (χ1) is 9.24. The second kappa shape index (κ2) is 5.39. The number of nitrogens with one attached hydrogen (secondary N) is 1. The normalized spacial score (nSPS) is 27.2. The van der Waals surface area contributed by atoms with Gasteiger partial charge in [-0.3, -0.25) is 4.90 Å². The number of aromatic hydroxyl groups is 1. The van der Waals surface area contributed by atoms with Crippen LogP contribution in [0, 0.1) is 0 Å². The summed E-state index contributed by atoms with van der Waals surface area (Å²) < 4.78 is 5.23. The van der Waals surface area contributed by atoms with Gasteiger partial charge in [0.1, 0.15) is 11.5 Å². The van der Waals surface area contributed by atoms with E-state index in [1.807, 2.05) is 6.07 Å². The van der Waals surface area contributed by atoms with Crippen molar-refractivity contribution in [2.24, 2.45) is 0 Å². The smallest absolute Gasteiger partial charge is 0.120 e. The molecule has 1 aromatic rings. The highest BCUT2D eigenvalue weighted by Gasteiger charge is 2.29. The summed E-state index contributed by atoms with van der Waals surface area (Å²) >= 11 is 0. The molecule has 0 radical (unpaired) electrons. The van der Waals surface area contributed by atoms with Crippen molar-refractivity contribution >= 4 is 0 Å². The van der Waals surface area contributed by atoms with E-state index >= 15 is 0 Å². The Bertz CT molecular complexity index is 450. The Morgan fingerprint density at radius 3 is 3.00 bits per heavy atom. The molecule has 4 heteroatoms. The number of likely N-dealkylation sites (tertiary alicyclic amines) is 1. The number of phenolic OH excluding ortho intramolecular Hbond substituents is 1. The van der Waals surface area contributed by atoms with Crippen LogP contribution < -0.4 is 10.1 Å². The molecule has 2 bridgehead atoms. The molecule has 2 saturated heterocycles. The molecule has 2 heterocycles. The highest BCUT2D eigenvalue weighted by Crippen LogP contribution is 2.26. The lowest BCUT2D eigenvalue weighted by Gasteiger charge is -2.24. The zero-order valence-corrected chi connectivity index (χ0v) is 11.4. The van der Waals surface area contributed by atoms with Gasteiger partial charge in [0.15, 0.2) is 0 Å². The van der Waals surface area contributed by atoms with Crippen molar-refractivity contribution in [3.63, 3.8) is 0 Å². The minimum absolute atomic E-state index is 0.364. The maximum absolute atomic E-state index is 9.97. The monoisotopic (exact) mass is 262 g/mol. The van der Waals surface area contributed by atoms with Gasteiger partial charge in [0, 0.05) is 37.3 Å². The van der Waals surface area contributed by atoms with Crippen LogP contribution in [0.5, 0.6) is 11.5 Å². The van der Waals surface area contributed by atoms with E-state index in [9.17, 15) is 5.11 Å². The highest BCUT2D eigenvalue weighted by molar-refractivity contribution is 5.39. The second-order valence-electron chi connectivity index (χ2n) is 5.66. The van der Waals surface area contributed by atoms with Gasteiger partial charge in [0.2, 0.25) is 0 Å². The van der Waals surface area contributed by atoms with Gasteiger partial charge in [0.05, 0.1) is 7.11 Å². The zero-order chi connectivity index (χ0) is 13.2. The molecule has 4 nitrogen and oxygen atoms in total. The van der Waals surface area contributed by atoms with Gasteiger partial charge in [-0.2, -0.15) is 0 Å². The summed E-state index contributed by atoms with van der Waals surface area (Å²) in [6, 6.07) is 6.78. The van der Waals surface area contributed by atoms with Crippen LogP contribution in [0.1, 0.15) is 24.8 Å². The van der Waals surface area contributed by atoms with Crippen molar-refractivity contribution < 1.29 is 9.84 Å². The number of nitrogens with zero attached hydrogens (tertiary/aromatic N) is 1. The predicted octanol–water partition coefficient (Wildman–Crippen LogP) is 1.73. The van der Waals surface area contributed by atoms with Gasteiger partial charge in [-0.05, 0) is 37.5 Å². The molecular formula is C15H22N2O2. The van der Waals surface area contributed by atoms with Crippen LogP contribution in [-0.4, -0.2) is 42.3 Å².